The van der Waals surface area contributed by atoms with Gasteiger partial charge in [0.2, 0.25) is 5.88 Å². The van der Waals surface area contributed by atoms with E-state index >= 15 is 0 Å². The minimum atomic E-state index is -0.0738. The number of aromatic nitrogens is 3. The van der Waals surface area contributed by atoms with Gasteiger partial charge in [0, 0.05) is 24.1 Å². The monoisotopic (exact) mass is 315 g/mol. The van der Waals surface area contributed by atoms with Crippen molar-refractivity contribution < 1.29 is 4.74 Å². The van der Waals surface area contributed by atoms with Crippen molar-refractivity contribution in [3.8, 4) is 5.88 Å². The van der Waals surface area contributed by atoms with Crippen molar-refractivity contribution in [1.29, 1.82) is 0 Å². The zero-order chi connectivity index (χ0) is 15.1. The van der Waals surface area contributed by atoms with E-state index in [2.05, 4.69) is 21.0 Å². The van der Waals surface area contributed by atoms with E-state index in [1.807, 2.05) is 13.1 Å². The maximum absolute atomic E-state index is 12.0. The Labute approximate surface area is 132 Å². The van der Waals surface area contributed by atoms with Gasteiger partial charge in [0.05, 0.1) is 12.2 Å². The summed E-state index contributed by atoms with van der Waals surface area (Å²) in [5.74, 6) is 1.96. The van der Waals surface area contributed by atoms with Crippen molar-refractivity contribution in [1.82, 2.24) is 15.0 Å². The number of nitrogens with zero attached hydrogens (tertiary/aromatic N) is 2. The first kappa shape index (κ1) is 13.8. The predicted molar refractivity (Wildman–Crippen MR) is 84.6 cm³/mol. The van der Waals surface area contributed by atoms with Crippen molar-refractivity contribution in [2.45, 2.75) is 43.0 Å². The highest BCUT2D eigenvalue weighted by atomic mass is 32.2. The van der Waals surface area contributed by atoms with Crippen LogP contribution >= 0.6 is 11.8 Å². The average molecular weight is 315 g/mol. The molecule has 0 aromatic carbocycles. The Balaban J connectivity index is 1.59. The Hall–Kier alpha value is -1.82. The number of pyridine rings is 1. The second-order valence-electron chi connectivity index (χ2n) is 5.78. The number of thioether (sulfide) groups is 1. The summed E-state index contributed by atoms with van der Waals surface area (Å²) in [6.07, 6.45) is 5.07. The molecule has 2 aromatic heterocycles. The SMILES string of the molecule is Cc1nccc(C2CC2)c1CSc1nc2c(c(=O)[nH]1)CCO2. The van der Waals surface area contributed by atoms with Gasteiger partial charge < -0.3 is 9.72 Å². The summed E-state index contributed by atoms with van der Waals surface area (Å²) in [6, 6.07) is 2.13. The van der Waals surface area contributed by atoms with Crippen LogP contribution < -0.4 is 10.3 Å². The van der Waals surface area contributed by atoms with E-state index in [0.717, 1.165) is 11.4 Å². The quantitative estimate of drug-likeness (QED) is 0.694. The number of aryl methyl sites for hydroxylation is 1. The molecule has 0 unspecified atom stereocenters. The molecule has 114 valence electrons. The minimum absolute atomic E-state index is 0.0738. The van der Waals surface area contributed by atoms with Gasteiger partial charge in [0.15, 0.2) is 5.16 Å². The summed E-state index contributed by atoms with van der Waals surface area (Å²) in [4.78, 5) is 23.7. The largest absolute Gasteiger partial charge is 0.477 e. The number of rotatable bonds is 4. The second kappa shape index (κ2) is 5.43. The summed E-state index contributed by atoms with van der Waals surface area (Å²) in [5.41, 5.74) is 4.34. The number of hydrogen-bond acceptors (Lipinski definition) is 5. The molecule has 1 aliphatic heterocycles. The van der Waals surface area contributed by atoms with E-state index in [1.165, 1.54) is 24.0 Å². The maximum atomic E-state index is 12.0. The van der Waals surface area contributed by atoms with Gasteiger partial charge in [-0.05, 0) is 42.9 Å². The Morgan fingerprint density at radius 2 is 2.32 bits per heavy atom. The molecule has 1 aliphatic carbocycles. The van der Waals surface area contributed by atoms with Crippen LogP contribution in [0, 0.1) is 6.92 Å². The van der Waals surface area contributed by atoms with Crippen LogP contribution in [0.25, 0.3) is 0 Å². The lowest BCUT2D eigenvalue weighted by Crippen LogP contribution is -2.12. The Bertz CT molecular complexity index is 783. The van der Waals surface area contributed by atoms with Crippen molar-refractivity contribution in [2.24, 2.45) is 0 Å². The third-order valence-electron chi connectivity index (χ3n) is 4.22. The molecular weight excluding hydrogens is 298 g/mol. The number of nitrogens with one attached hydrogen (secondary N) is 1. The first-order valence-corrected chi connectivity index (χ1v) is 8.54. The van der Waals surface area contributed by atoms with Crippen LogP contribution in [0.3, 0.4) is 0 Å². The maximum Gasteiger partial charge on any atom is 0.258 e. The molecule has 0 saturated heterocycles. The molecule has 2 aromatic rings. The molecule has 1 N–H and O–H groups in total. The molecule has 2 aliphatic rings. The highest BCUT2D eigenvalue weighted by Gasteiger charge is 2.27. The highest BCUT2D eigenvalue weighted by molar-refractivity contribution is 7.98. The molecular formula is C16H17N3O2S. The average Bonchev–Trinajstić information content (AvgIpc) is 3.23. The summed E-state index contributed by atoms with van der Waals surface area (Å²) in [5, 5.41) is 0.621. The normalized spacial score (nSPS) is 16.4. The fourth-order valence-corrected chi connectivity index (χ4v) is 3.81. The van der Waals surface area contributed by atoms with Gasteiger partial charge in [-0.2, -0.15) is 4.98 Å². The van der Waals surface area contributed by atoms with Gasteiger partial charge >= 0.3 is 0 Å². The minimum Gasteiger partial charge on any atom is -0.477 e. The molecule has 0 radical (unpaired) electrons. The highest BCUT2D eigenvalue weighted by Crippen LogP contribution is 2.43. The van der Waals surface area contributed by atoms with E-state index in [1.54, 1.807) is 11.8 Å². The predicted octanol–water partition coefficient (Wildman–Crippen LogP) is 2.58. The summed E-state index contributed by atoms with van der Waals surface area (Å²) in [7, 11) is 0. The fraction of sp³-hybridized carbons (Fsp3) is 0.438. The second-order valence-corrected chi connectivity index (χ2v) is 6.74. The fourth-order valence-electron chi connectivity index (χ4n) is 2.84. The Morgan fingerprint density at radius 3 is 3.14 bits per heavy atom. The zero-order valence-corrected chi connectivity index (χ0v) is 13.2. The van der Waals surface area contributed by atoms with Gasteiger partial charge in [0.25, 0.3) is 5.56 Å². The van der Waals surface area contributed by atoms with Crippen molar-refractivity contribution in [2.75, 3.05) is 6.61 Å². The van der Waals surface area contributed by atoms with Crippen LogP contribution in [0.2, 0.25) is 0 Å². The molecule has 0 amide bonds. The number of H-pyrrole nitrogens is 1. The lowest BCUT2D eigenvalue weighted by Gasteiger charge is -2.11. The van der Waals surface area contributed by atoms with Gasteiger partial charge in [-0.1, -0.05) is 11.8 Å². The van der Waals surface area contributed by atoms with Crippen molar-refractivity contribution >= 4 is 11.8 Å². The van der Waals surface area contributed by atoms with E-state index in [0.29, 0.717) is 35.5 Å². The number of aromatic amines is 1. The lowest BCUT2D eigenvalue weighted by atomic mass is 10.0. The summed E-state index contributed by atoms with van der Waals surface area (Å²) >= 11 is 1.54. The molecule has 0 spiro atoms. The van der Waals surface area contributed by atoms with Crippen molar-refractivity contribution in [3.05, 3.63) is 45.0 Å². The van der Waals surface area contributed by atoms with Crippen molar-refractivity contribution in [3.63, 3.8) is 0 Å². The third kappa shape index (κ3) is 2.52. The molecule has 6 heteroatoms. The van der Waals surface area contributed by atoms with E-state index in [9.17, 15) is 4.79 Å². The number of ether oxygens (including phenoxy) is 1. The zero-order valence-electron chi connectivity index (χ0n) is 12.4. The van der Waals surface area contributed by atoms with Crippen LogP contribution in [0.1, 0.15) is 41.1 Å². The van der Waals surface area contributed by atoms with Crippen LogP contribution in [-0.4, -0.2) is 21.6 Å². The van der Waals surface area contributed by atoms with E-state index < -0.39 is 0 Å². The third-order valence-corrected chi connectivity index (χ3v) is 5.12. The van der Waals surface area contributed by atoms with Crippen LogP contribution in [0.4, 0.5) is 0 Å². The molecule has 1 fully saturated rings. The number of fused-ring (bicyclic) bond motifs is 1. The van der Waals surface area contributed by atoms with Crippen LogP contribution in [0.15, 0.2) is 22.2 Å². The molecule has 1 saturated carbocycles. The van der Waals surface area contributed by atoms with E-state index in [4.69, 9.17) is 4.74 Å². The first-order valence-electron chi connectivity index (χ1n) is 7.55. The van der Waals surface area contributed by atoms with Gasteiger partial charge in [-0.25, -0.2) is 0 Å². The summed E-state index contributed by atoms with van der Waals surface area (Å²) < 4.78 is 5.41. The van der Waals surface area contributed by atoms with Crippen LogP contribution in [0.5, 0.6) is 5.88 Å². The Kier molecular flexibility index (Phi) is 3.41. The van der Waals surface area contributed by atoms with Crippen LogP contribution in [-0.2, 0) is 12.2 Å². The smallest absolute Gasteiger partial charge is 0.258 e. The molecule has 22 heavy (non-hydrogen) atoms. The summed E-state index contributed by atoms with van der Waals surface area (Å²) in [6.45, 7) is 2.59. The lowest BCUT2D eigenvalue weighted by molar-refractivity contribution is 0.342. The van der Waals surface area contributed by atoms with Gasteiger partial charge in [0.1, 0.15) is 0 Å². The molecule has 4 rings (SSSR count). The van der Waals surface area contributed by atoms with Gasteiger partial charge in [-0.15, -0.1) is 0 Å². The van der Waals surface area contributed by atoms with Gasteiger partial charge in [-0.3, -0.25) is 9.78 Å². The molecule has 3 heterocycles. The first-order chi connectivity index (χ1) is 10.7. The number of hydrogen-bond donors (Lipinski definition) is 1. The topological polar surface area (TPSA) is 67.9 Å². The molecule has 5 nitrogen and oxygen atoms in total. The molecule has 0 atom stereocenters. The Morgan fingerprint density at radius 1 is 1.45 bits per heavy atom. The standard InChI is InChI=1S/C16H17N3O2S/c1-9-13(11(4-6-17-9)10-2-3-10)8-22-16-18-14(20)12-5-7-21-15(12)19-16/h4,6,10H,2-3,5,7-8H2,1H3,(H,18,19,20). The molecule has 0 bridgehead atoms. The van der Waals surface area contributed by atoms with E-state index in [-0.39, 0.29) is 5.56 Å².